The third kappa shape index (κ3) is 3.10. The summed E-state index contributed by atoms with van der Waals surface area (Å²) >= 11 is 0. The van der Waals surface area contributed by atoms with Gasteiger partial charge in [0.2, 0.25) is 0 Å². The number of nitrogens with one attached hydrogen (secondary N) is 1. The van der Waals surface area contributed by atoms with Crippen molar-refractivity contribution in [1.82, 2.24) is 10.3 Å². The topological polar surface area (TPSA) is 79.3 Å². The van der Waals surface area contributed by atoms with Crippen molar-refractivity contribution in [2.24, 2.45) is 0 Å². The van der Waals surface area contributed by atoms with Crippen molar-refractivity contribution in [2.75, 3.05) is 6.54 Å². The fraction of sp³-hybridized carbons (Fsp3) is 0.182. The van der Waals surface area contributed by atoms with E-state index in [-0.39, 0.29) is 11.4 Å². The molecule has 0 atom stereocenters. The molecule has 0 radical (unpaired) electrons. The average Bonchev–Trinajstić information content (AvgIpc) is 2.29. The molecule has 16 heavy (non-hydrogen) atoms. The van der Waals surface area contributed by atoms with Gasteiger partial charge in [-0.25, -0.2) is 9.78 Å². The van der Waals surface area contributed by atoms with Gasteiger partial charge in [0.1, 0.15) is 11.4 Å². The van der Waals surface area contributed by atoms with Gasteiger partial charge in [0.25, 0.3) is 5.91 Å². The highest BCUT2D eigenvalue weighted by Gasteiger charge is 2.10. The Morgan fingerprint density at radius 1 is 1.44 bits per heavy atom. The third-order valence-electron chi connectivity index (χ3n) is 1.76. The van der Waals surface area contributed by atoms with Crippen LogP contribution < -0.4 is 5.32 Å². The molecule has 0 aliphatic rings. The number of carboxylic acid groups (broad SMARTS) is 1. The maximum absolute atomic E-state index is 11.5. The molecular weight excluding hydrogens is 208 g/mol. The number of terminal acetylenes is 1. The number of aromatic nitrogens is 1. The Kier molecular flexibility index (Phi) is 4.04. The van der Waals surface area contributed by atoms with Gasteiger partial charge in [0, 0.05) is 13.0 Å². The lowest BCUT2D eigenvalue weighted by molar-refractivity contribution is 0.0690. The lowest BCUT2D eigenvalue weighted by Gasteiger charge is -2.02. The van der Waals surface area contributed by atoms with Gasteiger partial charge in [0.05, 0.1) is 0 Å². The summed E-state index contributed by atoms with van der Waals surface area (Å²) in [6, 6.07) is 4.23. The van der Waals surface area contributed by atoms with E-state index in [1.54, 1.807) is 0 Å². The molecule has 0 unspecified atom stereocenters. The maximum Gasteiger partial charge on any atom is 0.354 e. The monoisotopic (exact) mass is 218 g/mol. The third-order valence-corrected chi connectivity index (χ3v) is 1.76. The average molecular weight is 218 g/mol. The summed E-state index contributed by atoms with van der Waals surface area (Å²) < 4.78 is 0. The normalized spacial score (nSPS) is 9.19. The second kappa shape index (κ2) is 5.51. The molecule has 0 fully saturated rings. The van der Waals surface area contributed by atoms with Crippen molar-refractivity contribution in [3.05, 3.63) is 29.6 Å². The van der Waals surface area contributed by atoms with E-state index in [1.165, 1.54) is 18.2 Å². The molecule has 0 aliphatic heterocycles. The van der Waals surface area contributed by atoms with E-state index in [9.17, 15) is 9.59 Å². The lowest BCUT2D eigenvalue weighted by atomic mass is 10.3. The van der Waals surface area contributed by atoms with Crippen LogP contribution in [0.1, 0.15) is 27.4 Å². The van der Waals surface area contributed by atoms with Crippen LogP contribution in [0, 0.1) is 12.3 Å². The fourth-order valence-electron chi connectivity index (χ4n) is 1.02. The summed E-state index contributed by atoms with van der Waals surface area (Å²) in [5, 5.41) is 11.2. The van der Waals surface area contributed by atoms with Crippen molar-refractivity contribution in [2.45, 2.75) is 6.42 Å². The summed E-state index contributed by atoms with van der Waals surface area (Å²) in [4.78, 5) is 25.8. The van der Waals surface area contributed by atoms with Crippen LogP contribution in [0.3, 0.4) is 0 Å². The summed E-state index contributed by atoms with van der Waals surface area (Å²) in [6.07, 6.45) is 5.44. The smallest absolute Gasteiger partial charge is 0.354 e. The van der Waals surface area contributed by atoms with Gasteiger partial charge in [0.15, 0.2) is 0 Å². The molecule has 5 heteroatoms. The van der Waals surface area contributed by atoms with Gasteiger partial charge in [-0.2, -0.15) is 0 Å². The molecule has 0 saturated carbocycles. The van der Waals surface area contributed by atoms with Crippen LogP contribution >= 0.6 is 0 Å². The zero-order chi connectivity index (χ0) is 12.0. The number of rotatable bonds is 4. The standard InChI is InChI=1S/C11H10N2O3/c1-2-3-7-12-10(14)8-5-4-6-9(13-8)11(15)16/h1,4-6H,3,7H2,(H,12,14)(H,15,16). The van der Waals surface area contributed by atoms with Crippen molar-refractivity contribution < 1.29 is 14.7 Å². The van der Waals surface area contributed by atoms with E-state index >= 15 is 0 Å². The summed E-state index contributed by atoms with van der Waals surface area (Å²) in [7, 11) is 0. The minimum absolute atomic E-state index is 0.0666. The molecule has 0 spiro atoms. The van der Waals surface area contributed by atoms with E-state index < -0.39 is 11.9 Å². The number of amides is 1. The van der Waals surface area contributed by atoms with Crippen LogP contribution in [0.15, 0.2) is 18.2 Å². The van der Waals surface area contributed by atoms with Gasteiger partial charge in [-0.3, -0.25) is 4.79 Å². The molecule has 1 aromatic heterocycles. The minimum Gasteiger partial charge on any atom is -0.477 e. The van der Waals surface area contributed by atoms with E-state index in [1.807, 2.05) is 0 Å². The van der Waals surface area contributed by atoms with Crippen molar-refractivity contribution in [1.29, 1.82) is 0 Å². The molecule has 1 rings (SSSR count). The van der Waals surface area contributed by atoms with Crippen molar-refractivity contribution >= 4 is 11.9 Å². The van der Waals surface area contributed by atoms with E-state index in [0.717, 1.165) is 0 Å². The Bertz CT molecular complexity index is 449. The van der Waals surface area contributed by atoms with Crippen LogP contribution in [0.2, 0.25) is 0 Å². The summed E-state index contributed by atoms with van der Waals surface area (Å²) in [6.45, 7) is 0.342. The minimum atomic E-state index is -1.17. The summed E-state index contributed by atoms with van der Waals surface area (Å²) in [5.74, 6) is 0.775. The van der Waals surface area contributed by atoms with Gasteiger partial charge in [-0.1, -0.05) is 6.07 Å². The second-order valence-corrected chi connectivity index (χ2v) is 2.92. The van der Waals surface area contributed by atoms with Crippen molar-refractivity contribution in [3.63, 3.8) is 0 Å². The number of carboxylic acids is 1. The highest BCUT2D eigenvalue weighted by molar-refractivity contribution is 5.94. The van der Waals surface area contributed by atoms with Crippen LogP contribution in [0.5, 0.6) is 0 Å². The van der Waals surface area contributed by atoms with Crippen LogP contribution in [-0.4, -0.2) is 28.5 Å². The number of pyridine rings is 1. The molecule has 1 amide bonds. The molecule has 2 N–H and O–H groups in total. The Morgan fingerprint density at radius 3 is 2.75 bits per heavy atom. The molecule has 0 aromatic carbocycles. The first-order chi connectivity index (χ1) is 7.65. The molecular formula is C11H10N2O3. The number of carbonyl (C=O) groups is 2. The molecule has 0 aliphatic carbocycles. The first-order valence-corrected chi connectivity index (χ1v) is 4.57. The maximum atomic E-state index is 11.5. The van der Waals surface area contributed by atoms with Gasteiger partial charge in [-0.15, -0.1) is 12.3 Å². The van der Waals surface area contributed by atoms with E-state index in [4.69, 9.17) is 11.5 Å². The highest BCUT2D eigenvalue weighted by atomic mass is 16.4. The lowest BCUT2D eigenvalue weighted by Crippen LogP contribution is -2.25. The summed E-state index contributed by atoms with van der Waals surface area (Å²) in [5.41, 5.74) is -0.0958. The van der Waals surface area contributed by atoms with Gasteiger partial charge in [-0.05, 0) is 12.1 Å². The van der Waals surface area contributed by atoms with Crippen LogP contribution in [0.25, 0.3) is 0 Å². The van der Waals surface area contributed by atoms with Crippen LogP contribution in [-0.2, 0) is 0 Å². The fourth-order valence-corrected chi connectivity index (χ4v) is 1.02. The Hall–Kier alpha value is -2.35. The molecule has 82 valence electrons. The Morgan fingerprint density at radius 2 is 2.12 bits per heavy atom. The number of nitrogens with zero attached hydrogens (tertiary/aromatic N) is 1. The quantitative estimate of drug-likeness (QED) is 0.570. The van der Waals surface area contributed by atoms with E-state index in [0.29, 0.717) is 13.0 Å². The molecule has 0 saturated heterocycles. The van der Waals surface area contributed by atoms with Gasteiger partial charge >= 0.3 is 5.97 Å². The van der Waals surface area contributed by atoms with Crippen molar-refractivity contribution in [3.8, 4) is 12.3 Å². The van der Waals surface area contributed by atoms with E-state index in [2.05, 4.69) is 16.2 Å². The highest BCUT2D eigenvalue weighted by Crippen LogP contribution is 1.99. The Balaban J connectivity index is 2.73. The molecule has 0 bridgehead atoms. The van der Waals surface area contributed by atoms with Crippen LogP contribution in [0.4, 0.5) is 0 Å². The van der Waals surface area contributed by atoms with Gasteiger partial charge < -0.3 is 10.4 Å². The molecule has 1 aromatic rings. The first kappa shape index (κ1) is 11.7. The largest absolute Gasteiger partial charge is 0.477 e. The number of hydrogen-bond acceptors (Lipinski definition) is 3. The number of carbonyl (C=O) groups excluding carboxylic acids is 1. The SMILES string of the molecule is C#CCCNC(=O)c1cccc(C(=O)O)n1. The predicted molar refractivity (Wildman–Crippen MR) is 57.0 cm³/mol. The first-order valence-electron chi connectivity index (χ1n) is 4.57. The number of hydrogen-bond donors (Lipinski definition) is 2. The Labute approximate surface area is 92.5 Å². The molecule has 5 nitrogen and oxygen atoms in total. The predicted octanol–water partition coefficient (Wildman–Crippen LogP) is 0.533. The zero-order valence-corrected chi connectivity index (χ0v) is 8.43. The zero-order valence-electron chi connectivity index (χ0n) is 8.43. The molecule has 1 heterocycles. The second-order valence-electron chi connectivity index (χ2n) is 2.92. The number of aromatic carboxylic acids is 1.